The first-order valence-corrected chi connectivity index (χ1v) is 7.23. The average Bonchev–Trinajstić information content (AvgIpc) is 2.98. The molecule has 0 radical (unpaired) electrons. The topological polar surface area (TPSA) is 32.3 Å². The van der Waals surface area contributed by atoms with Crippen LogP contribution >= 0.6 is 0 Å². The molecule has 1 N–H and O–H groups in total. The van der Waals surface area contributed by atoms with Crippen molar-refractivity contribution < 1.29 is 4.79 Å². The molecule has 3 nitrogen and oxygen atoms in total. The summed E-state index contributed by atoms with van der Waals surface area (Å²) >= 11 is 0. The van der Waals surface area contributed by atoms with Crippen molar-refractivity contribution in [2.24, 2.45) is 5.92 Å². The zero-order valence-corrected chi connectivity index (χ0v) is 11.1. The van der Waals surface area contributed by atoms with E-state index in [1.807, 2.05) is 11.9 Å². The minimum absolute atomic E-state index is 0.339. The van der Waals surface area contributed by atoms with Crippen molar-refractivity contribution in [2.45, 2.75) is 57.4 Å². The highest BCUT2D eigenvalue weighted by Gasteiger charge is 2.20. The molecule has 1 heterocycles. The van der Waals surface area contributed by atoms with Gasteiger partial charge in [0.05, 0.1) is 0 Å². The molecule has 2 fully saturated rings. The number of nitrogens with zero attached hydrogens (tertiary/aromatic N) is 1. The van der Waals surface area contributed by atoms with Crippen LogP contribution in [0, 0.1) is 5.92 Å². The number of carbonyl (C=O) groups excluding carboxylic acids is 1. The maximum atomic E-state index is 12.0. The number of hydrogen-bond donors (Lipinski definition) is 1. The summed E-state index contributed by atoms with van der Waals surface area (Å²) in [7, 11) is 1.97. The lowest BCUT2D eigenvalue weighted by Crippen LogP contribution is -2.32. The van der Waals surface area contributed by atoms with Gasteiger partial charge in [-0.2, -0.15) is 0 Å². The van der Waals surface area contributed by atoms with Crippen LogP contribution in [0.25, 0.3) is 0 Å². The van der Waals surface area contributed by atoms with Crippen LogP contribution in [0.2, 0.25) is 0 Å². The smallest absolute Gasteiger partial charge is 0.222 e. The van der Waals surface area contributed by atoms with Gasteiger partial charge >= 0.3 is 0 Å². The monoisotopic (exact) mass is 238 g/mol. The van der Waals surface area contributed by atoms with Gasteiger partial charge in [-0.05, 0) is 44.6 Å². The third kappa shape index (κ3) is 3.98. The summed E-state index contributed by atoms with van der Waals surface area (Å²) in [5.41, 5.74) is 0. The second-order valence-electron chi connectivity index (χ2n) is 5.76. The highest BCUT2D eigenvalue weighted by Crippen LogP contribution is 2.25. The van der Waals surface area contributed by atoms with Crippen molar-refractivity contribution in [2.75, 3.05) is 20.1 Å². The minimum atomic E-state index is 0.339. The standard InChI is InChI=1S/C14H26N2O/c1-16(11-12-5-2-3-6-12)14(17)9-8-13-7-4-10-15-13/h12-13,15H,2-11H2,1H3. The lowest BCUT2D eigenvalue weighted by Gasteiger charge is -2.21. The Hall–Kier alpha value is -0.570. The molecule has 1 saturated carbocycles. The fourth-order valence-electron chi connectivity index (χ4n) is 3.17. The average molecular weight is 238 g/mol. The summed E-state index contributed by atoms with van der Waals surface area (Å²) in [6.45, 7) is 2.12. The third-order valence-electron chi connectivity index (χ3n) is 4.30. The second-order valence-corrected chi connectivity index (χ2v) is 5.76. The predicted molar refractivity (Wildman–Crippen MR) is 69.9 cm³/mol. The molecule has 98 valence electrons. The second kappa shape index (κ2) is 6.39. The van der Waals surface area contributed by atoms with E-state index in [1.54, 1.807) is 0 Å². The summed E-state index contributed by atoms with van der Waals surface area (Å²) < 4.78 is 0. The van der Waals surface area contributed by atoms with Crippen molar-refractivity contribution in [1.29, 1.82) is 0 Å². The third-order valence-corrected chi connectivity index (χ3v) is 4.30. The van der Waals surface area contributed by atoms with Crippen molar-refractivity contribution >= 4 is 5.91 Å². The van der Waals surface area contributed by atoms with Crippen molar-refractivity contribution in [3.63, 3.8) is 0 Å². The molecular formula is C14H26N2O. The molecule has 2 rings (SSSR count). The molecule has 0 aromatic carbocycles. The molecule has 17 heavy (non-hydrogen) atoms. The number of hydrogen-bond acceptors (Lipinski definition) is 2. The molecule has 0 aromatic heterocycles. The Morgan fingerprint density at radius 3 is 2.65 bits per heavy atom. The molecule has 1 saturated heterocycles. The van der Waals surface area contributed by atoms with Gasteiger partial charge in [-0.3, -0.25) is 4.79 Å². The Kier molecular flexibility index (Phi) is 4.84. The molecular weight excluding hydrogens is 212 g/mol. The number of amides is 1. The maximum Gasteiger partial charge on any atom is 0.222 e. The highest BCUT2D eigenvalue weighted by atomic mass is 16.2. The Bertz CT molecular complexity index is 243. The largest absolute Gasteiger partial charge is 0.345 e. The van der Waals surface area contributed by atoms with E-state index in [-0.39, 0.29) is 0 Å². The Labute approximate surface area is 105 Å². The quantitative estimate of drug-likeness (QED) is 0.796. The fourth-order valence-corrected chi connectivity index (χ4v) is 3.17. The molecule has 1 amide bonds. The van der Waals surface area contributed by atoms with Gasteiger partial charge in [-0.1, -0.05) is 12.8 Å². The van der Waals surface area contributed by atoms with Crippen LogP contribution in [-0.4, -0.2) is 37.0 Å². The van der Waals surface area contributed by atoms with Gasteiger partial charge in [0.15, 0.2) is 0 Å². The Balaban J connectivity index is 1.63. The van der Waals surface area contributed by atoms with Gasteiger partial charge in [0.2, 0.25) is 5.91 Å². The number of rotatable bonds is 5. The number of nitrogens with one attached hydrogen (secondary N) is 1. The maximum absolute atomic E-state index is 12.0. The first-order valence-electron chi connectivity index (χ1n) is 7.23. The van der Waals surface area contributed by atoms with Crippen LogP contribution in [-0.2, 0) is 4.79 Å². The molecule has 1 aliphatic heterocycles. The molecule has 0 bridgehead atoms. The van der Waals surface area contributed by atoms with Crippen LogP contribution in [0.1, 0.15) is 51.4 Å². The molecule has 1 unspecified atom stereocenters. The summed E-state index contributed by atoms with van der Waals surface area (Å²) in [5, 5.41) is 3.45. The van der Waals surface area contributed by atoms with Gasteiger partial charge in [0.1, 0.15) is 0 Å². The summed E-state index contributed by atoms with van der Waals surface area (Å²) in [6.07, 6.45) is 9.63. The lowest BCUT2D eigenvalue weighted by molar-refractivity contribution is -0.130. The number of carbonyl (C=O) groups is 1. The van der Waals surface area contributed by atoms with E-state index in [1.165, 1.54) is 38.5 Å². The molecule has 0 spiro atoms. The summed E-state index contributed by atoms with van der Waals surface area (Å²) in [5.74, 6) is 1.11. The molecule has 2 aliphatic rings. The van der Waals surface area contributed by atoms with Gasteiger partial charge in [0.25, 0.3) is 0 Å². The van der Waals surface area contributed by atoms with Crippen LogP contribution in [0.5, 0.6) is 0 Å². The van der Waals surface area contributed by atoms with E-state index in [0.717, 1.165) is 31.8 Å². The molecule has 1 aliphatic carbocycles. The Morgan fingerprint density at radius 2 is 2.00 bits per heavy atom. The normalized spacial score (nSPS) is 25.4. The van der Waals surface area contributed by atoms with Crippen molar-refractivity contribution in [3.8, 4) is 0 Å². The summed E-state index contributed by atoms with van der Waals surface area (Å²) in [6, 6.07) is 0.596. The van der Waals surface area contributed by atoms with Crippen LogP contribution in [0.15, 0.2) is 0 Å². The molecule has 1 atom stereocenters. The zero-order valence-electron chi connectivity index (χ0n) is 11.1. The van der Waals surface area contributed by atoms with E-state index < -0.39 is 0 Å². The SMILES string of the molecule is CN(CC1CCCC1)C(=O)CCC1CCCN1. The van der Waals surface area contributed by atoms with Crippen LogP contribution in [0.4, 0.5) is 0 Å². The van der Waals surface area contributed by atoms with Gasteiger partial charge in [-0.25, -0.2) is 0 Å². The lowest BCUT2D eigenvalue weighted by atomic mass is 10.1. The van der Waals surface area contributed by atoms with E-state index in [0.29, 0.717) is 11.9 Å². The van der Waals surface area contributed by atoms with E-state index in [2.05, 4.69) is 5.32 Å². The van der Waals surface area contributed by atoms with Crippen molar-refractivity contribution in [1.82, 2.24) is 10.2 Å². The van der Waals surface area contributed by atoms with Gasteiger partial charge in [-0.15, -0.1) is 0 Å². The zero-order chi connectivity index (χ0) is 12.1. The van der Waals surface area contributed by atoms with E-state index >= 15 is 0 Å². The predicted octanol–water partition coefficient (Wildman–Crippen LogP) is 2.17. The van der Waals surface area contributed by atoms with Gasteiger partial charge < -0.3 is 10.2 Å². The van der Waals surface area contributed by atoms with E-state index in [4.69, 9.17) is 0 Å². The highest BCUT2D eigenvalue weighted by molar-refractivity contribution is 5.75. The summed E-state index contributed by atoms with van der Waals surface area (Å²) in [4.78, 5) is 13.9. The minimum Gasteiger partial charge on any atom is -0.345 e. The fraction of sp³-hybridized carbons (Fsp3) is 0.929. The van der Waals surface area contributed by atoms with Crippen LogP contribution in [0.3, 0.4) is 0 Å². The van der Waals surface area contributed by atoms with E-state index in [9.17, 15) is 4.79 Å². The Morgan fingerprint density at radius 1 is 1.24 bits per heavy atom. The molecule has 3 heteroatoms. The first kappa shape index (κ1) is 12.9. The van der Waals surface area contributed by atoms with Crippen LogP contribution < -0.4 is 5.32 Å². The van der Waals surface area contributed by atoms with Gasteiger partial charge in [0, 0.05) is 26.1 Å². The first-order chi connectivity index (χ1) is 8.25. The van der Waals surface area contributed by atoms with Crippen molar-refractivity contribution in [3.05, 3.63) is 0 Å². The molecule has 0 aromatic rings.